The summed E-state index contributed by atoms with van der Waals surface area (Å²) >= 11 is 6.04. The maximum atomic E-state index is 12.6. The van der Waals surface area contributed by atoms with Gasteiger partial charge in [-0.1, -0.05) is 29.8 Å². The van der Waals surface area contributed by atoms with Gasteiger partial charge in [-0.3, -0.25) is 14.2 Å². The molecule has 27 heavy (non-hydrogen) atoms. The van der Waals surface area contributed by atoms with E-state index in [-0.39, 0.29) is 0 Å². The van der Waals surface area contributed by atoms with E-state index in [9.17, 15) is 14.4 Å². The van der Waals surface area contributed by atoms with Gasteiger partial charge in [-0.25, -0.2) is 4.79 Å². The highest BCUT2D eigenvalue weighted by Gasteiger charge is 2.19. The van der Waals surface area contributed by atoms with Gasteiger partial charge in [0.2, 0.25) is 5.69 Å². The molecule has 0 radical (unpaired) electrons. The van der Waals surface area contributed by atoms with Crippen LogP contribution in [0.25, 0.3) is 5.69 Å². The zero-order chi connectivity index (χ0) is 19.6. The lowest BCUT2D eigenvalue weighted by molar-refractivity contribution is 0.101. The van der Waals surface area contributed by atoms with Crippen LogP contribution < -0.4 is 21.3 Å². The second-order valence-corrected chi connectivity index (χ2v) is 5.95. The van der Waals surface area contributed by atoms with Crippen molar-refractivity contribution < 1.29 is 9.53 Å². The molecule has 0 saturated heterocycles. The Bertz CT molecular complexity index is 1120. The number of anilines is 1. The molecule has 0 bridgehead atoms. The van der Waals surface area contributed by atoms with Crippen molar-refractivity contribution in [3.8, 4) is 11.4 Å². The second-order valence-electron chi connectivity index (χ2n) is 5.55. The third kappa shape index (κ3) is 3.61. The Morgan fingerprint density at radius 1 is 1.15 bits per heavy atom. The zero-order valence-electron chi connectivity index (χ0n) is 14.5. The number of aromatic nitrogens is 3. The van der Waals surface area contributed by atoms with Gasteiger partial charge < -0.3 is 10.1 Å². The third-order valence-corrected chi connectivity index (χ3v) is 4.10. The topological polar surface area (TPSA) is 95.2 Å². The van der Waals surface area contributed by atoms with Crippen molar-refractivity contribution in [2.75, 3.05) is 12.4 Å². The van der Waals surface area contributed by atoms with Crippen LogP contribution in [0, 0.1) is 0 Å². The number of amides is 1. The van der Waals surface area contributed by atoms with Gasteiger partial charge in [0, 0.05) is 12.7 Å². The van der Waals surface area contributed by atoms with Crippen molar-refractivity contribution in [2.45, 2.75) is 0 Å². The summed E-state index contributed by atoms with van der Waals surface area (Å²) in [5.74, 6) is -0.317. The molecule has 3 aromatic rings. The first-order chi connectivity index (χ1) is 12.9. The Balaban J connectivity index is 2.02. The molecule has 8 nitrogen and oxygen atoms in total. The Morgan fingerprint density at radius 2 is 1.85 bits per heavy atom. The number of hydrogen-bond donors (Lipinski definition) is 1. The van der Waals surface area contributed by atoms with Crippen molar-refractivity contribution >= 4 is 23.2 Å². The Morgan fingerprint density at radius 3 is 2.48 bits per heavy atom. The number of ether oxygens (including phenoxy) is 1. The summed E-state index contributed by atoms with van der Waals surface area (Å²) in [4.78, 5) is 37.3. The van der Waals surface area contributed by atoms with Crippen molar-refractivity contribution in [1.82, 2.24) is 14.3 Å². The molecule has 138 valence electrons. The van der Waals surface area contributed by atoms with E-state index in [0.29, 0.717) is 22.1 Å². The lowest BCUT2D eigenvalue weighted by atomic mass is 10.3. The highest BCUT2D eigenvalue weighted by molar-refractivity contribution is 6.32. The maximum absolute atomic E-state index is 12.6. The molecule has 3 rings (SSSR count). The molecule has 1 amide bonds. The van der Waals surface area contributed by atoms with Crippen LogP contribution in [0.2, 0.25) is 5.02 Å². The fraction of sp³-hybridized carbons (Fsp3) is 0.111. The molecule has 0 atom stereocenters. The predicted molar refractivity (Wildman–Crippen MR) is 101 cm³/mol. The van der Waals surface area contributed by atoms with Gasteiger partial charge in [-0.2, -0.15) is 9.78 Å². The molecule has 0 aliphatic carbocycles. The second kappa shape index (κ2) is 7.46. The summed E-state index contributed by atoms with van der Waals surface area (Å²) in [6.07, 6.45) is 0. The van der Waals surface area contributed by atoms with Crippen LogP contribution in [0.3, 0.4) is 0 Å². The van der Waals surface area contributed by atoms with Crippen molar-refractivity contribution in [2.24, 2.45) is 7.05 Å². The Hall–Kier alpha value is -3.39. The van der Waals surface area contributed by atoms with E-state index >= 15 is 0 Å². The normalized spacial score (nSPS) is 10.5. The fourth-order valence-electron chi connectivity index (χ4n) is 2.39. The monoisotopic (exact) mass is 386 g/mol. The van der Waals surface area contributed by atoms with Gasteiger partial charge >= 0.3 is 5.69 Å². The number of para-hydroxylation sites is 1. The summed E-state index contributed by atoms with van der Waals surface area (Å²) in [5, 5.41) is 6.80. The van der Waals surface area contributed by atoms with Crippen LogP contribution in [-0.4, -0.2) is 27.4 Å². The van der Waals surface area contributed by atoms with Crippen molar-refractivity contribution in [3.05, 3.63) is 80.1 Å². The zero-order valence-corrected chi connectivity index (χ0v) is 15.2. The number of nitrogens with zero attached hydrogens (tertiary/aromatic N) is 3. The molecule has 0 aliphatic rings. The minimum absolute atomic E-state index is 0.297. The molecule has 0 fully saturated rings. The quantitative estimate of drug-likeness (QED) is 0.738. The van der Waals surface area contributed by atoms with E-state index < -0.39 is 22.9 Å². The number of benzene rings is 2. The SMILES string of the molecule is COc1ccc(NC(=O)c2nn(-c3ccccc3)c(=O)n(C)c2=O)cc1Cl. The van der Waals surface area contributed by atoms with Gasteiger partial charge in [0.25, 0.3) is 11.5 Å². The number of hydrogen-bond acceptors (Lipinski definition) is 5. The number of nitrogens with one attached hydrogen (secondary N) is 1. The standard InChI is InChI=1S/C18H15ClN4O4/c1-22-17(25)15(21-23(18(22)26)12-6-4-3-5-7-12)16(24)20-11-8-9-14(27-2)13(19)10-11/h3-10H,1-2H3,(H,20,24). The molecule has 9 heteroatoms. The summed E-state index contributed by atoms with van der Waals surface area (Å²) in [7, 11) is 2.76. The molecule has 1 heterocycles. The Labute approximate surface area is 158 Å². The highest BCUT2D eigenvalue weighted by Crippen LogP contribution is 2.27. The number of carbonyl (C=O) groups excluding carboxylic acids is 1. The first kappa shape index (κ1) is 18.4. The molecule has 0 saturated carbocycles. The molecular weight excluding hydrogens is 372 g/mol. The van der Waals surface area contributed by atoms with Crippen LogP contribution in [0.15, 0.2) is 58.1 Å². The highest BCUT2D eigenvalue weighted by atomic mass is 35.5. The third-order valence-electron chi connectivity index (χ3n) is 3.80. The molecule has 0 unspecified atom stereocenters. The van der Waals surface area contributed by atoms with Gasteiger partial charge in [-0.15, -0.1) is 0 Å². The number of rotatable bonds is 4. The molecule has 2 aromatic carbocycles. The summed E-state index contributed by atoms with van der Waals surface area (Å²) in [5.41, 5.74) is -1.10. The minimum Gasteiger partial charge on any atom is -0.495 e. The van der Waals surface area contributed by atoms with Gasteiger partial charge in [0.05, 0.1) is 17.8 Å². The van der Waals surface area contributed by atoms with Crippen LogP contribution in [-0.2, 0) is 7.05 Å². The Kier molecular flexibility index (Phi) is 5.09. The fourth-order valence-corrected chi connectivity index (χ4v) is 2.65. The van der Waals surface area contributed by atoms with E-state index in [1.165, 1.54) is 20.2 Å². The average molecular weight is 387 g/mol. The molecule has 0 aliphatic heterocycles. The van der Waals surface area contributed by atoms with Crippen LogP contribution in [0.1, 0.15) is 10.5 Å². The molecule has 1 N–H and O–H groups in total. The van der Waals surface area contributed by atoms with Gasteiger partial charge in [0.1, 0.15) is 5.75 Å². The van der Waals surface area contributed by atoms with Crippen LogP contribution in [0.4, 0.5) is 5.69 Å². The summed E-state index contributed by atoms with van der Waals surface area (Å²) in [6, 6.07) is 13.1. The van der Waals surface area contributed by atoms with Crippen molar-refractivity contribution in [3.63, 3.8) is 0 Å². The molecule has 0 spiro atoms. The lowest BCUT2D eigenvalue weighted by Crippen LogP contribution is -2.43. The largest absolute Gasteiger partial charge is 0.495 e. The van der Waals surface area contributed by atoms with Crippen LogP contribution in [0.5, 0.6) is 5.75 Å². The predicted octanol–water partition coefficient (Wildman–Crippen LogP) is 1.85. The van der Waals surface area contributed by atoms with Crippen LogP contribution >= 0.6 is 11.6 Å². The first-order valence-electron chi connectivity index (χ1n) is 7.83. The van der Waals surface area contributed by atoms with E-state index in [0.717, 1.165) is 9.25 Å². The number of carbonyl (C=O) groups is 1. The molecule has 1 aromatic heterocycles. The number of halogens is 1. The minimum atomic E-state index is -0.802. The van der Waals surface area contributed by atoms with Crippen molar-refractivity contribution in [1.29, 1.82) is 0 Å². The molecular formula is C18H15ClN4O4. The average Bonchev–Trinajstić information content (AvgIpc) is 2.67. The smallest absolute Gasteiger partial charge is 0.351 e. The lowest BCUT2D eigenvalue weighted by Gasteiger charge is -2.10. The maximum Gasteiger partial charge on any atom is 0.351 e. The summed E-state index contributed by atoms with van der Waals surface area (Å²) < 4.78 is 6.88. The number of methoxy groups -OCH3 is 1. The van der Waals surface area contributed by atoms with Gasteiger partial charge in [0.15, 0.2) is 0 Å². The van der Waals surface area contributed by atoms with E-state index in [2.05, 4.69) is 10.4 Å². The summed E-state index contributed by atoms with van der Waals surface area (Å²) in [6.45, 7) is 0. The first-order valence-corrected chi connectivity index (χ1v) is 8.21. The van der Waals surface area contributed by atoms with E-state index in [1.807, 2.05) is 0 Å². The van der Waals surface area contributed by atoms with E-state index in [1.54, 1.807) is 42.5 Å². The van der Waals surface area contributed by atoms with E-state index in [4.69, 9.17) is 16.3 Å². The van der Waals surface area contributed by atoms with Gasteiger partial charge in [-0.05, 0) is 30.3 Å².